The fraction of sp³-hybridized carbons (Fsp3) is 0.500. The molecular weight excluding hydrogens is 325 g/mol. The lowest BCUT2D eigenvalue weighted by Crippen LogP contribution is -2.32. The Labute approximate surface area is 139 Å². The summed E-state index contributed by atoms with van der Waals surface area (Å²) in [6.45, 7) is 6.72. The van der Waals surface area contributed by atoms with Crippen molar-refractivity contribution in [2.24, 2.45) is 0 Å². The fourth-order valence-corrected chi connectivity index (χ4v) is 2.27. The van der Waals surface area contributed by atoms with Crippen LogP contribution < -0.4 is 5.32 Å². The van der Waals surface area contributed by atoms with Crippen LogP contribution in [-0.4, -0.2) is 32.0 Å². The minimum absolute atomic E-state index is 0.0890. The maximum atomic E-state index is 12.1. The van der Waals surface area contributed by atoms with Crippen LogP contribution in [0.1, 0.15) is 30.8 Å². The van der Waals surface area contributed by atoms with Crippen LogP contribution in [0, 0.1) is 13.8 Å². The third kappa shape index (κ3) is 4.01. The van der Waals surface area contributed by atoms with Gasteiger partial charge in [0.15, 0.2) is 0 Å². The molecule has 0 saturated carbocycles. The summed E-state index contributed by atoms with van der Waals surface area (Å²) in [6.07, 6.45) is 4.22. The first-order chi connectivity index (χ1) is 10.4. The molecule has 2 heterocycles. The molecule has 0 aliphatic rings. The number of nitrogens with one attached hydrogen (secondary N) is 1. The number of amides is 1. The van der Waals surface area contributed by atoms with Gasteiger partial charge in [0.2, 0.25) is 5.91 Å². The Hall–Kier alpha value is -1.53. The highest BCUT2D eigenvalue weighted by molar-refractivity contribution is 6.31. The maximum Gasteiger partial charge on any atom is 0.244 e. The van der Waals surface area contributed by atoms with Crippen molar-refractivity contribution < 1.29 is 4.79 Å². The van der Waals surface area contributed by atoms with E-state index in [0.717, 1.165) is 12.1 Å². The minimum atomic E-state index is -0.396. The van der Waals surface area contributed by atoms with Gasteiger partial charge in [-0.1, -0.05) is 23.2 Å². The standard InChI is InChI=1S/C14H19Cl2N5O/c1-9-12(15)7-20(18-9)6-4-5-17-14(22)11(3)21-8-13(16)10(2)19-21/h7-8,11H,4-6H2,1-3H3,(H,17,22). The number of rotatable bonds is 6. The minimum Gasteiger partial charge on any atom is -0.354 e. The van der Waals surface area contributed by atoms with Crippen LogP contribution in [-0.2, 0) is 11.3 Å². The summed E-state index contributed by atoms with van der Waals surface area (Å²) >= 11 is 11.9. The Balaban J connectivity index is 1.77. The Bertz CT molecular complexity index is 625. The molecule has 0 radical (unpaired) electrons. The lowest BCUT2D eigenvalue weighted by molar-refractivity contribution is -0.124. The first-order valence-corrected chi connectivity index (χ1v) is 7.82. The van der Waals surface area contributed by atoms with Gasteiger partial charge in [0.05, 0.1) is 21.4 Å². The van der Waals surface area contributed by atoms with Gasteiger partial charge in [-0.05, 0) is 27.2 Å². The summed E-state index contributed by atoms with van der Waals surface area (Å²) in [5.41, 5.74) is 1.53. The first kappa shape index (κ1) is 16.8. The van der Waals surface area contributed by atoms with E-state index in [9.17, 15) is 4.79 Å². The quantitative estimate of drug-likeness (QED) is 0.820. The second-order valence-electron chi connectivity index (χ2n) is 5.19. The van der Waals surface area contributed by atoms with Gasteiger partial charge < -0.3 is 5.32 Å². The highest BCUT2D eigenvalue weighted by Crippen LogP contribution is 2.16. The van der Waals surface area contributed by atoms with E-state index in [2.05, 4.69) is 15.5 Å². The smallest absolute Gasteiger partial charge is 0.244 e. The maximum absolute atomic E-state index is 12.1. The van der Waals surface area contributed by atoms with E-state index in [1.165, 1.54) is 0 Å². The van der Waals surface area contributed by atoms with Gasteiger partial charge in [0, 0.05) is 25.5 Å². The van der Waals surface area contributed by atoms with Gasteiger partial charge in [-0.25, -0.2) is 0 Å². The predicted molar refractivity (Wildman–Crippen MR) is 86.3 cm³/mol. The summed E-state index contributed by atoms with van der Waals surface area (Å²) < 4.78 is 3.35. The number of aryl methyl sites for hydroxylation is 3. The zero-order chi connectivity index (χ0) is 16.3. The second-order valence-corrected chi connectivity index (χ2v) is 6.00. The van der Waals surface area contributed by atoms with Crippen molar-refractivity contribution in [2.45, 2.75) is 39.8 Å². The Morgan fingerprint density at radius 1 is 1.23 bits per heavy atom. The van der Waals surface area contributed by atoms with Gasteiger partial charge in [-0.3, -0.25) is 14.2 Å². The number of carbonyl (C=O) groups is 1. The van der Waals surface area contributed by atoms with Crippen molar-refractivity contribution in [3.8, 4) is 0 Å². The lowest BCUT2D eigenvalue weighted by atomic mass is 10.3. The number of halogens is 2. The molecule has 0 aliphatic carbocycles. The van der Waals surface area contributed by atoms with Crippen molar-refractivity contribution in [2.75, 3.05) is 6.54 Å². The molecule has 1 N–H and O–H groups in total. The fourth-order valence-electron chi connectivity index (χ4n) is 1.99. The zero-order valence-electron chi connectivity index (χ0n) is 12.8. The molecule has 2 aromatic heterocycles. The largest absolute Gasteiger partial charge is 0.354 e. The average molecular weight is 344 g/mol. The topological polar surface area (TPSA) is 64.7 Å². The molecule has 0 saturated heterocycles. The van der Waals surface area contributed by atoms with Crippen molar-refractivity contribution in [3.05, 3.63) is 33.8 Å². The summed E-state index contributed by atoms with van der Waals surface area (Å²) in [5.74, 6) is -0.0890. The molecule has 1 unspecified atom stereocenters. The van der Waals surface area contributed by atoms with Crippen molar-refractivity contribution in [3.63, 3.8) is 0 Å². The first-order valence-electron chi connectivity index (χ1n) is 7.07. The summed E-state index contributed by atoms with van der Waals surface area (Å²) in [4.78, 5) is 12.1. The number of hydrogen-bond donors (Lipinski definition) is 1. The van der Waals surface area contributed by atoms with E-state index in [1.54, 1.807) is 35.6 Å². The van der Waals surface area contributed by atoms with E-state index in [0.29, 0.717) is 28.8 Å². The predicted octanol–water partition coefficient (Wildman–Crippen LogP) is 2.77. The molecule has 6 nitrogen and oxygen atoms in total. The molecule has 1 atom stereocenters. The van der Waals surface area contributed by atoms with Gasteiger partial charge in [-0.2, -0.15) is 10.2 Å². The molecule has 8 heteroatoms. The SMILES string of the molecule is Cc1nn(CCCNC(=O)C(C)n2cc(Cl)c(C)n2)cc1Cl. The van der Waals surface area contributed by atoms with E-state index >= 15 is 0 Å². The Morgan fingerprint density at radius 3 is 2.41 bits per heavy atom. The van der Waals surface area contributed by atoms with Crippen LogP contribution in [0.25, 0.3) is 0 Å². The molecule has 0 aliphatic heterocycles. The molecular formula is C14H19Cl2N5O. The Morgan fingerprint density at radius 2 is 1.86 bits per heavy atom. The molecule has 1 amide bonds. The third-order valence-corrected chi connectivity index (χ3v) is 4.12. The van der Waals surface area contributed by atoms with Crippen LogP contribution >= 0.6 is 23.2 Å². The normalized spacial score (nSPS) is 12.4. The average Bonchev–Trinajstić information content (AvgIpc) is 2.97. The van der Waals surface area contributed by atoms with Crippen LogP contribution in [0.4, 0.5) is 0 Å². The zero-order valence-corrected chi connectivity index (χ0v) is 14.3. The van der Waals surface area contributed by atoms with Crippen molar-refractivity contribution >= 4 is 29.1 Å². The molecule has 0 bridgehead atoms. The van der Waals surface area contributed by atoms with Gasteiger partial charge >= 0.3 is 0 Å². The van der Waals surface area contributed by atoms with E-state index in [-0.39, 0.29) is 5.91 Å². The number of carbonyl (C=O) groups excluding carboxylic acids is 1. The summed E-state index contributed by atoms with van der Waals surface area (Å²) in [6, 6.07) is -0.396. The van der Waals surface area contributed by atoms with E-state index in [1.807, 2.05) is 6.92 Å². The van der Waals surface area contributed by atoms with Crippen LogP contribution in [0.5, 0.6) is 0 Å². The second kappa shape index (κ2) is 7.15. The number of hydrogen-bond acceptors (Lipinski definition) is 3. The van der Waals surface area contributed by atoms with Crippen LogP contribution in [0.2, 0.25) is 10.0 Å². The molecule has 22 heavy (non-hydrogen) atoms. The number of nitrogens with zero attached hydrogens (tertiary/aromatic N) is 4. The molecule has 0 spiro atoms. The lowest BCUT2D eigenvalue weighted by Gasteiger charge is -2.12. The monoisotopic (exact) mass is 343 g/mol. The molecule has 2 aromatic rings. The summed E-state index contributed by atoms with van der Waals surface area (Å²) in [5, 5.41) is 12.6. The van der Waals surface area contributed by atoms with Crippen molar-refractivity contribution in [1.29, 1.82) is 0 Å². The van der Waals surface area contributed by atoms with E-state index < -0.39 is 6.04 Å². The third-order valence-electron chi connectivity index (χ3n) is 3.38. The number of aromatic nitrogens is 4. The molecule has 2 rings (SSSR count). The molecule has 0 aromatic carbocycles. The molecule has 0 fully saturated rings. The molecule has 120 valence electrons. The van der Waals surface area contributed by atoms with Gasteiger partial charge in [-0.15, -0.1) is 0 Å². The highest BCUT2D eigenvalue weighted by atomic mass is 35.5. The van der Waals surface area contributed by atoms with Crippen LogP contribution in [0.15, 0.2) is 12.4 Å². The Kier molecular flexibility index (Phi) is 5.47. The van der Waals surface area contributed by atoms with E-state index in [4.69, 9.17) is 23.2 Å². The van der Waals surface area contributed by atoms with Crippen molar-refractivity contribution in [1.82, 2.24) is 24.9 Å². The highest BCUT2D eigenvalue weighted by Gasteiger charge is 2.16. The van der Waals surface area contributed by atoms with Gasteiger partial charge in [0.1, 0.15) is 6.04 Å². The van der Waals surface area contributed by atoms with Gasteiger partial charge in [0.25, 0.3) is 0 Å². The summed E-state index contributed by atoms with van der Waals surface area (Å²) in [7, 11) is 0. The van der Waals surface area contributed by atoms with Crippen LogP contribution in [0.3, 0.4) is 0 Å².